The maximum atomic E-state index is 14.6. The predicted octanol–water partition coefficient (Wildman–Crippen LogP) is 3.54. The molecule has 3 aliphatic rings. The second-order valence-corrected chi connectivity index (χ2v) is 9.32. The number of nitrogens with zero attached hydrogens (tertiary/aromatic N) is 2. The maximum Gasteiger partial charge on any atom is 0.425 e. The van der Waals surface area contributed by atoms with Gasteiger partial charge in [0.2, 0.25) is 11.8 Å². The third-order valence-electron chi connectivity index (χ3n) is 7.28. The summed E-state index contributed by atoms with van der Waals surface area (Å²) in [5, 5.41) is 2.35. The molecular weight excluding hydrogens is 475 g/mol. The Balaban J connectivity index is 1.49. The summed E-state index contributed by atoms with van der Waals surface area (Å²) in [5.74, 6) is -8.53. The Kier molecular flexibility index (Phi) is 6.21. The van der Waals surface area contributed by atoms with Crippen molar-refractivity contribution in [3.05, 3.63) is 29.8 Å². The topological polar surface area (TPSA) is 97.0 Å². The summed E-state index contributed by atoms with van der Waals surface area (Å²) in [7, 11) is 0. The average molecular weight is 502 g/mol. The van der Waals surface area contributed by atoms with Crippen LogP contribution in [-0.4, -0.2) is 53.0 Å². The Morgan fingerprint density at radius 3 is 2.51 bits per heavy atom. The van der Waals surface area contributed by atoms with Crippen molar-refractivity contribution in [2.75, 3.05) is 6.54 Å². The van der Waals surface area contributed by atoms with Crippen LogP contribution in [-0.2, 0) is 9.59 Å². The number of carbonyl (C=O) groups is 2. The lowest BCUT2D eigenvalue weighted by molar-refractivity contribution is -0.201. The van der Waals surface area contributed by atoms with Gasteiger partial charge in [0.15, 0.2) is 12.1 Å². The minimum absolute atomic E-state index is 0.0214. The van der Waals surface area contributed by atoms with Gasteiger partial charge in [-0.2, -0.15) is 13.2 Å². The second-order valence-electron chi connectivity index (χ2n) is 9.32. The number of ether oxygens (including phenoxy) is 1. The number of carbonyl (C=O) groups excluding carboxylic acids is 2. The molecule has 0 bridgehead atoms. The lowest BCUT2D eigenvalue weighted by Crippen LogP contribution is -2.52. The fourth-order valence-electron chi connectivity index (χ4n) is 4.89. The summed E-state index contributed by atoms with van der Waals surface area (Å²) in [5.41, 5.74) is 5.53. The monoisotopic (exact) mass is 502 g/mol. The van der Waals surface area contributed by atoms with Gasteiger partial charge in [-0.05, 0) is 18.9 Å². The van der Waals surface area contributed by atoms with Crippen LogP contribution in [0.1, 0.15) is 51.1 Å². The fraction of sp³-hybridized carbons (Fsp3) is 0.609. The molecule has 192 valence electrons. The number of nitrogens with one attached hydrogen (secondary N) is 1. The van der Waals surface area contributed by atoms with E-state index in [0.29, 0.717) is 12.8 Å². The highest BCUT2D eigenvalue weighted by molar-refractivity contribution is 5.99. The Morgan fingerprint density at radius 2 is 1.91 bits per heavy atom. The van der Waals surface area contributed by atoms with Gasteiger partial charge in [0, 0.05) is 18.5 Å². The first-order chi connectivity index (χ1) is 16.3. The number of fused-ring (bicyclic) bond motifs is 1. The molecule has 2 aliphatic heterocycles. The normalized spacial score (nSPS) is 29.1. The molecule has 0 aromatic heterocycles. The van der Waals surface area contributed by atoms with Crippen LogP contribution < -0.4 is 15.8 Å². The van der Waals surface area contributed by atoms with E-state index in [1.807, 2.05) is 13.8 Å². The van der Waals surface area contributed by atoms with Gasteiger partial charge in [0.1, 0.15) is 11.7 Å². The smallest absolute Gasteiger partial charge is 0.425 e. The van der Waals surface area contributed by atoms with Crippen LogP contribution in [0.5, 0.6) is 5.75 Å². The molecule has 0 unspecified atom stereocenters. The molecule has 12 heteroatoms. The number of para-hydroxylation sites is 1. The van der Waals surface area contributed by atoms with E-state index in [4.69, 9.17) is 10.5 Å². The van der Waals surface area contributed by atoms with Crippen molar-refractivity contribution in [3.63, 3.8) is 0 Å². The van der Waals surface area contributed by atoms with Crippen molar-refractivity contribution in [3.8, 4) is 5.75 Å². The number of alkyl halides is 5. The largest absolute Gasteiger partial charge is 0.480 e. The second kappa shape index (κ2) is 8.63. The molecule has 1 aromatic rings. The van der Waals surface area contributed by atoms with E-state index in [9.17, 15) is 31.5 Å². The van der Waals surface area contributed by atoms with Gasteiger partial charge in [-0.1, -0.05) is 32.0 Å². The zero-order valence-electron chi connectivity index (χ0n) is 19.2. The van der Waals surface area contributed by atoms with E-state index in [0.717, 1.165) is 4.90 Å². The Morgan fingerprint density at radius 1 is 1.26 bits per heavy atom. The molecule has 0 radical (unpaired) electrons. The van der Waals surface area contributed by atoms with Gasteiger partial charge in [-0.3, -0.25) is 14.5 Å². The van der Waals surface area contributed by atoms with Gasteiger partial charge in [0.05, 0.1) is 23.9 Å². The first-order valence-electron chi connectivity index (χ1n) is 11.5. The highest BCUT2D eigenvalue weighted by Gasteiger charge is 2.72. The number of aliphatic imine (C=N–C) groups is 1. The lowest BCUT2D eigenvalue weighted by atomic mass is 9.88. The summed E-state index contributed by atoms with van der Waals surface area (Å²) in [6.45, 7) is 3.21. The Labute approximate surface area is 198 Å². The average Bonchev–Trinajstić information content (AvgIpc) is 3.35. The van der Waals surface area contributed by atoms with Gasteiger partial charge >= 0.3 is 6.18 Å². The molecule has 1 aromatic carbocycles. The molecule has 7 nitrogen and oxygen atoms in total. The lowest BCUT2D eigenvalue weighted by Gasteiger charge is -2.36. The van der Waals surface area contributed by atoms with E-state index in [1.165, 1.54) is 18.2 Å². The van der Waals surface area contributed by atoms with Crippen molar-refractivity contribution in [2.45, 2.75) is 69.3 Å². The minimum Gasteiger partial charge on any atom is -0.480 e. The van der Waals surface area contributed by atoms with Crippen molar-refractivity contribution in [1.82, 2.24) is 10.2 Å². The van der Waals surface area contributed by atoms with E-state index in [2.05, 4.69) is 10.3 Å². The van der Waals surface area contributed by atoms with Gasteiger partial charge in [0.25, 0.3) is 5.92 Å². The third kappa shape index (κ3) is 4.54. The number of halogens is 5. The maximum absolute atomic E-state index is 14.6. The number of hydrogen-bond acceptors (Lipinski definition) is 5. The number of guanidine groups is 1. The van der Waals surface area contributed by atoms with Crippen molar-refractivity contribution < 1.29 is 36.3 Å². The molecule has 2 heterocycles. The zero-order valence-corrected chi connectivity index (χ0v) is 19.2. The first kappa shape index (κ1) is 25.2. The van der Waals surface area contributed by atoms with E-state index in [-0.39, 0.29) is 23.7 Å². The molecule has 3 N–H and O–H groups in total. The van der Waals surface area contributed by atoms with Crippen LogP contribution in [0.2, 0.25) is 0 Å². The van der Waals surface area contributed by atoms with E-state index < -0.39 is 66.4 Å². The first-order valence-corrected chi connectivity index (χ1v) is 11.5. The Hall–Kier alpha value is -2.92. The standard InChI is InChI=1S/C23H27F5N4O3/c1-3-21(4-2)10-17(33)32(20(29)31-21)11-13-18(22(13,24)25)19(34)30-14-9-16(23(26,27)28)35-15-8-6-5-7-12(14)15/h5-8,13-14,16,18H,3-4,9-11H2,1-2H3,(H2,29,31)(H,30,34)/t13-,14+,16+,18+/m1/s1. The highest BCUT2D eigenvalue weighted by atomic mass is 19.4. The van der Waals surface area contributed by atoms with Crippen LogP contribution in [0, 0.1) is 11.8 Å². The molecule has 0 spiro atoms. The van der Waals surface area contributed by atoms with Gasteiger partial charge in [-0.25, -0.2) is 13.8 Å². The summed E-state index contributed by atoms with van der Waals surface area (Å²) in [6.07, 6.45) is -6.39. The number of benzene rings is 1. The molecule has 1 aliphatic carbocycles. The number of amides is 2. The van der Waals surface area contributed by atoms with Crippen molar-refractivity contribution in [1.29, 1.82) is 0 Å². The van der Waals surface area contributed by atoms with Crippen LogP contribution >= 0.6 is 0 Å². The van der Waals surface area contributed by atoms with Crippen LogP contribution in [0.4, 0.5) is 22.0 Å². The zero-order chi connectivity index (χ0) is 25.8. The molecule has 35 heavy (non-hydrogen) atoms. The fourth-order valence-corrected chi connectivity index (χ4v) is 4.89. The quantitative estimate of drug-likeness (QED) is 0.582. The summed E-state index contributed by atoms with van der Waals surface area (Å²) >= 11 is 0. The van der Waals surface area contributed by atoms with E-state index in [1.54, 1.807) is 6.07 Å². The summed E-state index contributed by atoms with van der Waals surface area (Å²) in [4.78, 5) is 30.8. The molecule has 4 rings (SSSR count). The molecular formula is C23H27F5N4O3. The number of nitrogens with two attached hydrogens (primary N) is 1. The summed E-state index contributed by atoms with van der Waals surface area (Å²) in [6, 6.07) is 4.69. The summed E-state index contributed by atoms with van der Waals surface area (Å²) < 4.78 is 74.3. The molecule has 1 fully saturated rings. The Bertz CT molecular complexity index is 1040. The van der Waals surface area contributed by atoms with Crippen molar-refractivity contribution >= 4 is 17.8 Å². The minimum atomic E-state index is -4.69. The molecule has 4 atom stereocenters. The van der Waals surface area contributed by atoms with Gasteiger partial charge < -0.3 is 15.8 Å². The SMILES string of the molecule is CCC1(CC)CC(=O)N(C[C@@H]2[C@@H](C(=O)N[C@H]3C[C@@H](C(F)(F)F)Oc4ccccc43)C2(F)F)C(N)=N1. The van der Waals surface area contributed by atoms with Crippen LogP contribution in [0.3, 0.4) is 0 Å². The highest BCUT2D eigenvalue weighted by Crippen LogP contribution is 2.56. The van der Waals surface area contributed by atoms with E-state index >= 15 is 0 Å². The predicted molar refractivity (Wildman–Crippen MR) is 116 cm³/mol. The third-order valence-corrected chi connectivity index (χ3v) is 7.28. The molecule has 1 saturated carbocycles. The number of rotatable bonds is 6. The molecule has 0 saturated heterocycles. The van der Waals surface area contributed by atoms with Crippen LogP contribution in [0.25, 0.3) is 0 Å². The van der Waals surface area contributed by atoms with Crippen molar-refractivity contribution in [2.24, 2.45) is 22.6 Å². The van der Waals surface area contributed by atoms with Crippen LogP contribution in [0.15, 0.2) is 29.3 Å². The number of hydrogen-bond donors (Lipinski definition) is 2. The van der Waals surface area contributed by atoms with Gasteiger partial charge in [-0.15, -0.1) is 0 Å². The molecule has 2 amide bonds.